The molecule has 27 heavy (non-hydrogen) atoms. The largest absolute Gasteiger partial charge is 0.493 e. The lowest BCUT2D eigenvalue weighted by atomic mass is 9.94. The summed E-state index contributed by atoms with van der Waals surface area (Å²) in [6, 6.07) is 18.3. The molecule has 5 rings (SSSR count). The first kappa shape index (κ1) is 18.1. The van der Waals surface area contributed by atoms with Gasteiger partial charge in [0.1, 0.15) is 5.75 Å². The van der Waals surface area contributed by atoms with Crippen LogP contribution in [-0.2, 0) is 6.42 Å². The highest BCUT2D eigenvalue weighted by atomic mass is 16.5. The molecule has 1 amide bonds. The number of piperidine rings is 1. The number of likely N-dealkylation sites (N-methyl/N-ethyl adjacent to an activating group) is 1. The Labute approximate surface area is 161 Å². The lowest BCUT2D eigenvalue weighted by Gasteiger charge is -2.36. The maximum absolute atomic E-state index is 13.0. The van der Waals surface area contributed by atoms with Crippen molar-refractivity contribution < 1.29 is 9.53 Å². The molecule has 3 saturated heterocycles. The van der Waals surface area contributed by atoms with E-state index in [1.807, 2.05) is 42.5 Å². The molecule has 2 aromatic rings. The molecular weight excluding hydrogens is 336 g/mol. The van der Waals surface area contributed by atoms with Gasteiger partial charge in [-0.05, 0) is 55.6 Å². The number of rotatable bonds is 5. The molecule has 4 nitrogen and oxygen atoms in total. The first-order chi connectivity index (χ1) is 13.2. The van der Waals surface area contributed by atoms with Crippen molar-refractivity contribution in [1.82, 2.24) is 9.80 Å². The number of benzene rings is 2. The summed E-state index contributed by atoms with van der Waals surface area (Å²) in [7, 11) is 2.17. The lowest BCUT2D eigenvalue weighted by molar-refractivity contribution is 0.0587. The Balaban J connectivity index is 1.35. The fourth-order valence-corrected chi connectivity index (χ4v) is 4.36. The van der Waals surface area contributed by atoms with Crippen LogP contribution in [0.4, 0.5) is 0 Å². The average Bonchev–Trinajstić information content (AvgIpc) is 2.98. The zero-order chi connectivity index (χ0) is 18.6. The Morgan fingerprint density at radius 3 is 2.56 bits per heavy atom. The summed E-state index contributed by atoms with van der Waals surface area (Å²) in [6.45, 7) is 3.63. The summed E-state index contributed by atoms with van der Waals surface area (Å²) < 4.78 is 5.84. The smallest absolute Gasteiger partial charge is 0.254 e. The first-order valence-electron chi connectivity index (χ1n) is 9.95. The predicted molar refractivity (Wildman–Crippen MR) is 107 cm³/mol. The molecule has 2 atom stereocenters. The number of carbonyl (C=O) groups excluding carboxylic acids is 1. The van der Waals surface area contributed by atoms with Crippen LogP contribution in [0.2, 0.25) is 0 Å². The predicted octanol–water partition coefficient (Wildman–Crippen LogP) is 3.47. The molecule has 3 heterocycles. The van der Waals surface area contributed by atoms with Crippen molar-refractivity contribution in [3.8, 4) is 5.75 Å². The molecule has 4 heteroatoms. The molecule has 3 fully saturated rings. The second-order valence-corrected chi connectivity index (χ2v) is 7.88. The molecule has 0 saturated carbocycles. The number of hydrogen-bond donors (Lipinski definition) is 0. The van der Waals surface area contributed by atoms with Gasteiger partial charge in [0, 0.05) is 37.7 Å². The van der Waals surface area contributed by atoms with E-state index >= 15 is 0 Å². The Bertz CT molecular complexity index is 760. The molecule has 3 aliphatic rings. The van der Waals surface area contributed by atoms with E-state index in [4.69, 9.17) is 4.74 Å². The molecule has 0 aromatic heterocycles. The summed E-state index contributed by atoms with van der Waals surface area (Å²) in [4.78, 5) is 17.5. The molecule has 3 aliphatic heterocycles. The van der Waals surface area contributed by atoms with Crippen molar-refractivity contribution in [1.29, 1.82) is 0 Å². The Kier molecular flexibility index (Phi) is 5.44. The molecule has 2 bridgehead atoms. The number of fused-ring (bicyclic) bond motifs is 4. The van der Waals surface area contributed by atoms with Crippen LogP contribution < -0.4 is 4.74 Å². The fourth-order valence-electron chi connectivity index (χ4n) is 4.36. The Morgan fingerprint density at radius 2 is 1.78 bits per heavy atom. The van der Waals surface area contributed by atoms with Crippen molar-refractivity contribution in [2.75, 3.05) is 33.3 Å². The molecule has 2 aromatic carbocycles. The van der Waals surface area contributed by atoms with E-state index in [2.05, 4.69) is 29.0 Å². The van der Waals surface area contributed by atoms with Gasteiger partial charge in [0.25, 0.3) is 5.91 Å². The zero-order valence-corrected chi connectivity index (χ0v) is 16.0. The minimum Gasteiger partial charge on any atom is -0.493 e. The van der Waals surface area contributed by atoms with Gasteiger partial charge >= 0.3 is 0 Å². The summed E-state index contributed by atoms with van der Waals surface area (Å²) in [5.74, 6) is 1.59. The first-order valence-corrected chi connectivity index (χ1v) is 9.95. The van der Waals surface area contributed by atoms with Gasteiger partial charge in [0.15, 0.2) is 0 Å². The van der Waals surface area contributed by atoms with E-state index in [9.17, 15) is 4.79 Å². The van der Waals surface area contributed by atoms with Gasteiger partial charge < -0.3 is 14.5 Å². The summed E-state index contributed by atoms with van der Waals surface area (Å²) in [6.07, 6.45) is 3.25. The van der Waals surface area contributed by atoms with Crippen LogP contribution in [0.5, 0.6) is 5.75 Å². The zero-order valence-electron chi connectivity index (χ0n) is 16.0. The topological polar surface area (TPSA) is 32.8 Å². The Hall–Kier alpha value is -2.33. The van der Waals surface area contributed by atoms with Gasteiger partial charge in [0.2, 0.25) is 0 Å². The molecule has 142 valence electrons. The third-order valence-corrected chi connectivity index (χ3v) is 5.76. The quantitative estimate of drug-likeness (QED) is 0.814. The van der Waals surface area contributed by atoms with Crippen LogP contribution in [-0.4, -0.2) is 55.0 Å². The number of ether oxygens (including phenoxy) is 1. The third kappa shape index (κ3) is 4.33. The molecular formula is C23H28N2O2. The number of nitrogens with zero attached hydrogens (tertiary/aromatic N) is 2. The minimum absolute atomic E-state index is 0.163. The SMILES string of the molecule is CN1C[C@@H]2CC[C@H](C1)N(C(=O)c1ccc(OCCc3ccccc3)cc1)C2. The molecule has 0 N–H and O–H groups in total. The van der Waals surface area contributed by atoms with E-state index in [1.54, 1.807) is 0 Å². The fraction of sp³-hybridized carbons (Fsp3) is 0.435. The van der Waals surface area contributed by atoms with Crippen molar-refractivity contribution in [3.63, 3.8) is 0 Å². The van der Waals surface area contributed by atoms with Crippen LogP contribution in [0.25, 0.3) is 0 Å². The maximum atomic E-state index is 13.0. The van der Waals surface area contributed by atoms with Gasteiger partial charge in [-0.3, -0.25) is 4.79 Å². The normalized spacial score (nSPS) is 22.5. The van der Waals surface area contributed by atoms with Crippen LogP contribution in [0.15, 0.2) is 54.6 Å². The van der Waals surface area contributed by atoms with E-state index < -0.39 is 0 Å². The number of carbonyl (C=O) groups is 1. The highest BCUT2D eigenvalue weighted by Crippen LogP contribution is 2.28. The van der Waals surface area contributed by atoms with Gasteiger partial charge in [-0.2, -0.15) is 0 Å². The van der Waals surface area contributed by atoms with Crippen LogP contribution in [0, 0.1) is 5.92 Å². The molecule has 0 spiro atoms. The van der Waals surface area contributed by atoms with Gasteiger partial charge in [0.05, 0.1) is 6.61 Å². The maximum Gasteiger partial charge on any atom is 0.254 e. The average molecular weight is 364 g/mol. The van der Waals surface area contributed by atoms with E-state index in [-0.39, 0.29) is 5.91 Å². The molecule has 0 unspecified atom stereocenters. The number of amides is 1. The van der Waals surface area contributed by atoms with Crippen molar-refractivity contribution in [2.24, 2.45) is 5.92 Å². The van der Waals surface area contributed by atoms with Gasteiger partial charge in [-0.1, -0.05) is 30.3 Å². The van der Waals surface area contributed by atoms with Crippen LogP contribution >= 0.6 is 0 Å². The second kappa shape index (κ2) is 8.13. The highest BCUT2D eigenvalue weighted by molar-refractivity contribution is 5.94. The third-order valence-electron chi connectivity index (χ3n) is 5.76. The summed E-state index contributed by atoms with van der Waals surface area (Å²) in [5, 5.41) is 0. The molecule has 0 aliphatic carbocycles. The van der Waals surface area contributed by atoms with Crippen LogP contribution in [0.1, 0.15) is 28.8 Å². The Morgan fingerprint density at radius 1 is 1.00 bits per heavy atom. The highest BCUT2D eigenvalue weighted by Gasteiger charge is 2.36. The monoisotopic (exact) mass is 364 g/mol. The van der Waals surface area contributed by atoms with E-state index in [0.29, 0.717) is 18.6 Å². The summed E-state index contributed by atoms with van der Waals surface area (Å²) in [5.41, 5.74) is 2.03. The van der Waals surface area contributed by atoms with E-state index in [0.717, 1.165) is 43.8 Å². The van der Waals surface area contributed by atoms with Crippen LogP contribution in [0.3, 0.4) is 0 Å². The van der Waals surface area contributed by atoms with Crippen molar-refractivity contribution in [2.45, 2.75) is 25.3 Å². The second-order valence-electron chi connectivity index (χ2n) is 7.88. The van der Waals surface area contributed by atoms with Crippen molar-refractivity contribution >= 4 is 5.91 Å². The molecule has 0 radical (unpaired) electrons. The van der Waals surface area contributed by atoms with Gasteiger partial charge in [-0.25, -0.2) is 0 Å². The minimum atomic E-state index is 0.163. The van der Waals surface area contributed by atoms with Crippen molar-refractivity contribution in [3.05, 3.63) is 65.7 Å². The summed E-state index contributed by atoms with van der Waals surface area (Å²) >= 11 is 0. The standard InChI is InChI=1S/C23H28N2O2/c1-24-15-19-7-10-21(17-24)25(16-19)23(26)20-8-11-22(12-9-20)27-14-13-18-5-3-2-4-6-18/h2-6,8-9,11-12,19,21H,7,10,13-17H2,1H3/t19-,21+/m0/s1. The number of hydrogen-bond acceptors (Lipinski definition) is 3. The van der Waals surface area contributed by atoms with Gasteiger partial charge in [-0.15, -0.1) is 0 Å². The van der Waals surface area contributed by atoms with E-state index in [1.165, 1.54) is 12.0 Å². The lowest BCUT2D eigenvalue weighted by Crippen LogP contribution is -2.47.